The maximum atomic E-state index is 13.2. The molecule has 1 fully saturated rings. The minimum atomic E-state index is -0.920. The van der Waals surface area contributed by atoms with Gasteiger partial charge in [0.2, 0.25) is 0 Å². The van der Waals surface area contributed by atoms with E-state index in [-0.39, 0.29) is 23.6 Å². The molecule has 0 aliphatic carbocycles. The molecule has 0 saturated carbocycles. The van der Waals surface area contributed by atoms with E-state index in [1.54, 1.807) is 24.3 Å². The average molecular weight is 472 g/mol. The molecule has 0 aromatic heterocycles. The number of amides is 1. The number of hydrogen-bond donors (Lipinski definition) is 1. The van der Waals surface area contributed by atoms with Crippen LogP contribution in [0, 0.1) is 10.1 Å². The average Bonchev–Trinajstić information content (AvgIpc) is 3.12. The van der Waals surface area contributed by atoms with Crippen LogP contribution in [0.15, 0.2) is 84.4 Å². The van der Waals surface area contributed by atoms with Crippen LogP contribution in [0.3, 0.4) is 0 Å². The largest absolute Gasteiger partial charge is 0.507 e. The van der Waals surface area contributed by atoms with Crippen LogP contribution in [0.25, 0.3) is 5.76 Å². The SMILES string of the molecule is CCCOc1cccc(/C(O)=C2\C(=O)C(=O)N(Cc3ccccc3)C2c2ccc([N+](=O)[O-])cc2)c1. The van der Waals surface area contributed by atoms with Gasteiger partial charge in [0.25, 0.3) is 17.4 Å². The quantitative estimate of drug-likeness (QED) is 0.162. The lowest BCUT2D eigenvalue weighted by molar-refractivity contribution is -0.384. The van der Waals surface area contributed by atoms with Crippen LogP contribution >= 0.6 is 0 Å². The summed E-state index contributed by atoms with van der Waals surface area (Å²) in [5.41, 5.74) is 1.42. The van der Waals surface area contributed by atoms with Crippen LogP contribution in [0.5, 0.6) is 5.75 Å². The van der Waals surface area contributed by atoms with Crippen LogP contribution in [0.4, 0.5) is 5.69 Å². The number of benzene rings is 3. The molecule has 4 rings (SSSR count). The van der Waals surface area contributed by atoms with E-state index >= 15 is 0 Å². The molecule has 0 spiro atoms. The summed E-state index contributed by atoms with van der Waals surface area (Å²) < 4.78 is 5.64. The first-order valence-corrected chi connectivity index (χ1v) is 11.2. The Morgan fingerprint density at radius 2 is 1.74 bits per heavy atom. The summed E-state index contributed by atoms with van der Waals surface area (Å²) in [6, 6.07) is 20.6. The van der Waals surface area contributed by atoms with Crippen molar-refractivity contribution in [3.63, 3.8) is 0 Å². The van der Waals surface area contributed by atoms with Gasteiger partial charge in [-0.25, -0.2) is 0 Å². The number of nitro groups is 1. The number of aliphatic hydroxyl groups excluding tert-OH is 1. The summed E-state index contributed by atoms with van der Waals surface area (Å²) >= 11 is 0. The third kappa shape index (κ3) is 4.91. The lowest BCUT2D eigenvalue weighted by atomic mass is 9.95. The van der Waals surface area contributed by atoms with Gasteiger partial charge in [-0.2, -0.15) is 0 Å². The number of nitrogens with zero attached hydrogens (tertiary/aromatic N) is 2. The standard InChI is InChI=1S/C27H24N2O6/c1-2-15-35-22-10-6-9-20(16-22)25(30)23-24(19-11-13-21(14-12-19)29(33)34)28(27(32)26(23)31)17-18-7-4-3-5-8-18/h3-14,16,24,30H,2,15,17H2,1H3/b25-23+. The second-order valence-corrected chi connectivity index (χ2v) is 8.14. The maximum Gasteiger partial charge on any atom is 0.295 e. The number of carbonyl (C=O) groups is 2. The summed E-state index contributed by atoms with van der Waals surface area (Å²) in [4.78, 5) is 38.3. The highest BCUT2D eigenvalue weighted by molar-refractivity contribution is 6.46. The minimum absolute atomic E-state index is 0.0765. The number of carbonyl (C=O) groups excluding carboxylic acids is 2. The van der Waals surface area contributed by atoms with Gasteiger partial charge in [-0.05, 0) is 41.8 Å². The molecular weight excluding hydrogens is 448 g/mol. The number of likely N-dealkylation sites (tertiary alicyclic amines) is 1. The molecule has 1 heterocycles. The number of aliphatic hydroxyl groups is 1. The Bertz CT molecular complexity index is 1280. The van der Waals surface area contributed by atoms with Gasteiger partial charge in [-0.1, -0.05) is 49.4 Å². The Kier molecular flexibility index (Phi) is 6.91. The zero-order valence-electron chi connectivity index (χ0n) is 19.1. The Morgan fingerprint density at radius 3 is 2.40 bits per heavy atom. The van der Waals surface area contributed by atoms with Crippen molar-refractivity contribution in [1.29, 1.82) is 0 Å². The van der Waals surface area contributed by atoms with Crippen LogP contribution in [0.1, 0.15) is 36.1 Å². The van der Waals surface area contributed by atoms with Crippen molar-refractivity contribution < 1.29 is 24.4 Å². The van der Waals surface area contributed by atoms with Crippen LogP contribution in [-0.4, -0.2) is 33.2 Å². The summed E-state index contributed by atoms with van der Waals surface area (Å²) in [5.74, 6) is -1.37. The fourth-order valence-electron chi connectivity index (χ4n) is 4.06. The van der Waals surface area contributed by atoms with E-state index < -0.39 is 22.7 Å². The number of ketones is 1. The van der Waals surface area contributed by atoms with Gasteiger partial charge in [0.15, 0.2) is 0 Å². The molecule has 3 aromatic rings. The van der Waals surface area contributed by atoms with E-state index in [9.17, 15) is 24.8 Å². The van der Waals surface area contributed by atoms with Crippen molar-refractivity contribution in [1.82, 2.24) is 4.90 Å². The molecule has 0 radical (unpaired) electrons. The molecule has 3 aromatic carbocycles. The van der Waals surface area contributed by atoms with Crippen molar-refractivity contribution >= 4 is 23.1 Å². The highest BCUT2D eigenvalue weighted by Gasteiger charge is 2.46. The predicted octanol–water partition coefficient (Wildman–Crippen LogP) is 5.01. The third-order valence-electron chi connectivity index (χ3n) is 5.74. The fourth-order valence-corrected chi connectivity index (χ4v) is 4.06. The molecule has 1 unspecified atom stereocenters. The number of Topliss-reactive ketones (excluding diaryl/α,β-unsaturated/α-hetero) is 1. The van der Waals surface area contributed by atoms with Gasteiger partial charge in [0, 0.05) is 24.2 Å². The summed E-state index contributed by atoms with van der Waals surface area (Å²) in [5, 5.41) is 22.4. The zero-order valence-corrected chi connectivity index (χ0v) is 19.1. The predicted molar refractivity (Wildman–Crippen MR) is 130 cm³/mol. The molecule has 1 N–H and O–H groups in total. The van der Waals surface area contributed by atoms with Crippen LogP contribution < -0.4 is 4.74 Å². The normalized spacial score (nSPS) is 16.9. The first-order valence-electron chi connectivity index (χ1n) is 11.2. The molecule has 35 heavy (non-hydrogen) atoms. The van der Waals surface area contributed by atoms with E-state index in [4.69, 9.17) is 4.74 Å². The molecule has 1 amide bonds. The lowest BCUT2D eigenvalue weighted by Crippen LogP contribution is -2.29. The van der Waals surface area contributed by atoms with Crippen molar-refractivity contribution in [2.24, 2.45) is 0 Å². The van der Waals surface area contributed by atoms with Crippen molar-refractivity contribution in [2.45, 2.75) is 25.9 Å². The second kappa shape index (κ2) is 10.2. The number of ether oxygens (including phenoxy) is 1. The molecule has 1 saturated heterocycles. The third-order valence-corrected chi connectivity index (χ3v) is 5.74. The zero-order chi connectivity index (χ0) is 24.9. The van der Waals surface area contributed by atoms with Crippen LogP contribution in [-0.2, 0) is 16.1 Å². The Labute approximate surface area is 202 Å². The molecule has 8 heteroatoms. The molecule has 1 aliphatic heterocycles. The van der Waals surface area contributed by atoms with E-state index in [1.165, 1.54) is 29.2 Å². The topological polar surface area (TPSA) is 110 Å². The first-order chi connectivity index (χ1) is 16.9. The fraction of sp³-hybridized carbons (Fsp3) is 0.185. The molecule has 8 nitrogen and oxygen atoms in total. The Balaban J connectivity index is 1.82. The van der Waals surface area contributed by atoms with Gasteiger partial charge in [0.1, 0.15) is 11.5 Å². The smallest absolute Gasteiger partial charge is 0.295 e. The van der Waals surface area contributed by atoms with E-state index in [2.05, 4.69) is 0 Å². The monoisotopic (exact) mass is 472 g/mol. The number of rotatable bonds is 8. The number of hydrogen-bond acceptors (Lipinski definition) is 6. The van der Waals surface area contributed by atoms with Crippen molar-refractivity contribution in [3.8, 4) is 5.75 Å². The second-order valence-electron chi connectivity index (χ2n) is 8.14. The Morgan fingerprint density at radius 1 is 1.03 bits per heavy atom. The van der Waals surface area contributed by atoms with E-state index in [0.717, 1.165) is 12.0 Å². The molecule has 1 atom stereocenters. The van der Waals surface area contributed by atoms with E-state index in [0.29, 0.717) is 23.5 Å². The number of nitro benzene ring substituents is 1. The highest BCUT2D eigenvalue weighted by Crippen LogP contribution is 2.41. The molecule has 0 bridgehead atoms. The lowest BCUT2D eigenvalue weighted by Gasteiger charge is -2.25. The first kappa shape index (κ1) is 23.7. The van der Waals surface area contributed by atoms with Gasteiger partial charge < -0.3 is 14.7 Å². The van der Waals surface area contributed by atoms with Gasteiger partial charge in [0.05, 0.1) is 23.1 Å². The van der Waals surface area contributed by atoms with Gasteiger partial charge in [-0.15, -0.1) is 0 Å². The van der Waals surface area contributed by atoms with Crippen molar-refractivity contribution in [3.05, 3.63) is 111 Å². The van der Waals surface area contributed by atoms with Crippen molar-refractivity contribution in [2.75, 3.05) is 6.61 Å². The number of non-ortho nitro benzene ring substituents is 1. The highest BCUT2D eigenvalue weighted by atomic mass is 16.6. The molecular formula is C27H24N2O6. The summed E-state index contributed by atoms with van der Waals surface area (Å²) in [6.45, 7) is 2.60. The summed E-state index contributed by atoms with van der Waals surface area (Å²) in [6.07, 6.45) is 0.806. The molecule has 1 aliphatic rings. The van der Waals surface area contributed by atoms with Gasteiger partial charge >= 0.3 is 0 Å². The minimum Gasteiger partial charge on any atom is -0.507 e. The summed E-state index contributed by atoms with van der Waals surface area (Å²) in [7, 11) is 0. The maximum absolute atomic E-state index is 13.2. The van der Waals surface area contributed by atoms with Gasteiger partial charge in [-0.3, -0.25) is 19.7 Å². The van der Waals surface area contributed by atoms with E-state index in [1.807, 2.05) is 37.3 Å². The van der Waals surface area contributed by atoms with Crippen LogP contribution in [0.2, 0.25) is 0 Å². The molecule has 178 valence electrons. The Hall–Kier alpha value is -4.46.